The number of nitrogens with one attached hydrogen (secondary N) is 3. The van der Waals surface area contributed by atoms with Crippen molar-refractivity contribution in [3.8, 4) is 5.75 Å². The van der Waals surface area contributed by atoms with E-state index < -0.39 is 54.5 Å². The van der Waals surface area contributed by atoms with E-state index in [4.69, 9.17) is 27.4 Å². The second kappa shape index (κ2) is 14.4. The molecule has 1 rings (SSSR count). The number of hydrogen-bond donors (Lipinski definition) is 9. The minimum Gasteiger partial charge on any atom is -0.508 e. The molecule has 0 saturated carbocycles. The largest absolute Gasteiger partial charge is 0.508 e. The SMILES string of the molecule is CC(NC(=O)C(Cc1ccc(O)cc1)NC(=O)C(N)CCCN=C(N)N)C(=O)NC(CO)C(=O)O. The van der Waals surface area contributed by atoms with E-state index in [-0.39, 0.29) is 31.1 Å². The van der Waals surface area contributed by atoms with Crippen LogP contribution >= 0.6 is 0 Å². The Morgan fingerprint density at radius 2 is 1.57 bits per heavy atom. The summed E-state index contributed by atoms with van der Waals surface area (Å²) in [4.78, 5) is 52.5. The molecule has 0 heterocycles. The van der Waals surface area contributed by atoms with Gasteiger partial charge in [0.1, 0.15) is 23.9 Å². The van der Waals surface area contributed by atoms with Crippen molar-refractivity contribution >= 4 is 29.7 Å². The van der Waals surface area contributed by atoms with Gasteiger partial charge >= 0.3 is 5.97 Å². The summed E-state index contributed by atoms with van der Waals surface area (Å²) >= 11 is 0. The van der Waals surface area contributed by atoms with Crippen molar-refractivity contribution in [2.45, 2.75) is 50.4 Å². The van der Waals surface area contributed by atoms with E-state index in [2.05, 4.69) is 20.9 Å². The van der Waals surface area contributed by atoms with Crippen LogP contribution in [0, 0.1) is 0 Å². The monoisotopic (exact) mass is 495 g/mol. The van der Waals surface area contributed by atoms with Gasteiger partial charge in [-0.2, -0.15) is 0 Å². The van der Waals surface area contributed by atoms with E-state index in [1.54, 1.807) is 12.1 Å². The molecule has 4 unspecified atom stereocenters. The third kappa shape index (κ3) is 10.7. The summed E-state index contributed by atoms with van der Waals surface area (Å²) < 4.78 is 0. The lowest BCUT2D eigenvalue weighted by Crippen LogP contribution is -2.57. The summed E-state index contributed by atoms with van der Waals surface area (Å²) in [7, 11) is 0. The Morgan fingerprint density at radius 3 is 2.11 bits per heavy atom. The number of carbonyl (C=O) groups is 4. The Kier molecular flexibility index (Phi) is 12.0. The van der Waals surface area contributed by atoms with Gasteiger partial charge in [-0.25, -0.2) is 4.79 Å². The van der Waals surface area contributed by atoms with Crippen LogP contribution in [-0.2, 0) is 25.6 Å². The quantitative estimate of drug-likeness (QED) is 0.0712. The molecule has 3 amide bonds. The van der Waals surface area contributed by atoms with Crippen LogP contribution in [-0.4, -0.2) is 82.3 Å². The van der Waals surface area contributed by atoms with Gasteiger partial charge in [0, 0.05) is 13.0 Å². The van der Waals surface area contributed by atoms with Crippen molar-refractivity contribution in [2.24, 2.45) is 22.2 Å². The molecule has 0 aliphatic heterocycles. The first kappa shape index (κ1) is 29.1. The zero-order chi connectivity index (χ0) is 26.5. The van der Waals surface area contributed by atoms with E-state index in [1.807, 2.05) is 0 Å². The molecule has 0 saturated heterocycles. The zero-order valence-corrected chi connectivity index (χ0v) is 19.3. The average Bonchev–Trinajstić information content (AvgIpc) is 2.80. The van der Waals surface area contributed by atoms with Gasteiger partial charge in [0.25, 0.3) is 0 Å². The van der Waals surface area contributed by atoms with Crippen LogP contribution < -0.4 is 33.2 Å². The van der Waals surface area contributed by atoms with E-state index in [0.29, 0.717) is 12.0 Å². The molecular formula is C21H33N7O7. The first-order valence-electron chi connectivity index (χ1n) is 10.8. The molecule has 0 bridgehead atoms. The van der Waals surface area contributed by atoms with Gasteiger partial charge in [-0.05, 0) is 37.5 Å². The highest BCUT2D eigenvalue weighted by molar-refractivity contribution is 5.94. The first-order chi connectivity index (χ1) is 16.4. The van der Waals surface area contributed by atoms with Crippen molar-refractivity contribution in [1.82, 2.24) is 16.0 Å². The Balaban J connectivity index is 2.88. The molecule has 0 aliphatic rings. The van der Waals surface area contributed by atoms with Gasteiger partial charge in [0.15, 0.2) is 5.96 Å². The molecule has 1 aromatic carbocycles. The average molecular weight is 496 g/mol. The first-order valence-corrected chi connectivity index (χ1v) is 10.8. The zero-order valence-electron chi connectivity index (χ0n) is 19.3. The molecule has 12 N–H and O–H groups in total. The summed E-state index contributed by atoms with van der Waals surface area (Å²) in [6.45, 7) is 0.763. The van der Waals surface area contributed by atoms with E-state index in [0.717, 1.165) is 0 Å². The lowest BCUT2D eigenvalue weighted by molar-refractivity contribution is -0.143. The number of benzene rings is 1. The standard InChI is InChI=1S/C21H33N7O7/c1-11(17(31)28-16(10-29)20(34)35)26-19(33)15(9-12-4-6-13(30)7-5-12)27-18(32)14(22)3-2-8-25-21(23)24/h4-7,11,14-16,29-30H,2-3,8-10,22H2,1H3,(H,26,33)(H,27,32)(H,28,31)(H,34,35)(H4,23,24,25). The smallest absolute Gasteiger partial charge is 0.328 e. The number of phenolic OH excluding ortho intramolecular Hbond substituents is 1. The van der Waals surface area contributed by atoms with Crippen LogP contribution in [0.1, 0.15) is 25.3 Å². The van der Waals surface area contributed by atoms with Gasteiger partial charge < -0.3 is 48.5 Å². The number of aliphatic hydroxyl groups is 1. The maximum absolute atomic E-state index is 12.9. The summed E-state index contributed by atoms with van der Waals surface area (Å²) in [6, 6.07) is 1.14. The molecular weight excluding hydrogens is 462 g/mol. The second-order valence-corrected chi connectivity index (χ2v) is 7.80. The molecule has 0 radical (unpaired) electrons. The number of hydrogen-bond acceptors (Lipinski definition) is 8. The molecule has 194 valence electrons. The van der Waals surface area contributed by atoms with Crippen molar-refractivity contribution < 1.29 is 34.5 Å². The van der Waals surface area contributed by atoms with Gasteiger partial charge in [0.2, 0.25) is 17.7 Å². The number of nitrogens with two attached hydrogens (primary N) is 3. The molecule has 14 nitrogen and oxygen atoms in total. The maximum Gasteiger partial charge on any atom is 0.328 e. The van der Waals surface area contributed by atoms with Crippen LogP contribution in [0.5, 0.6) is 5.75 Å². The highest BCUT2D eigenvalue weighted by atomic mass is 16.4. The predicted molar refractivity (Wildman–Crippen MR) is 126 cm³/mol. The fourth-order valence-corrected chi connectivity index (χ4v) is 2.87. The third-order valence-corrected chi connectivity index (χ3v) is 4.86. The van der Waals surface area contributed by atoms with Gasteiger partial charge in [-0.1, -0.05) is 12.1 Å². The summed E-state index contributed by atoms with van der Waals surface area (Å²) in [5.41, 5.74) is 17.0. The molecule has 0 aliphatic carbocycles. The molecule has 0 fully saturated rings. The topological polar surface area (TPSA) is 255 Å². The van der Waals surface area contributed by atoms with Crippen LogP contribution in [0.15, 0.2) is 29.3 Å². The highest BCUT2D eigenvalue weighted by Gasteiger charge is 2.28. The van der Waals surface area contributed by atoms with Gasteiger partial charge in [0.05, 0.1) is 12.6 Å². The number of aliphatic imine (C=N–C) groups is 1. The lowest BCUT2D eigenvalue weighted by Gasteiger charge is -2.23. The lowest BCUT2D eigenvalue weighted by atomic mass is 10.0. The number of aliphatic hydroxyl groups excluding tert-OH is 1. The number of guanidine groups is 1. The number of carboxylic acid groups (broad SMARTS) is 1. The number of carbonyl (C=O) groups excluding carboxylic acids is 3. The van der Waals surface area contributed by atoms with E-state index in [1.165, 1.54) is 19.1 Å². The van der Waals surface area contributed by atoms with Crippen LogP contribution in [0.25, 0.3) is 0 Å². The summed E-state index contributed by atoms with van der Waals surface area (Å²) in [5.74, 6) is -3.68. The van der Waals surface area contributed by atoms with Crippen molar-refractivity contribution in [1.29, 1.82) is 0 Å². The number of carboxylic acids is 1. The predicted octanol–water partition coefficient (Wildman–Crippen LogP) is -3.13. The number of rotatable bonds is 14. The van der Waals surface area contributed by atoms with E-state index >= 15 is 0 Å². The van der Waals surface area contributed by atoms with E-state index in [9.17, 15) is 24.3 Å². The Bertz CT molecular complexity index is 904. The highest BCUT2D eigenvalue weighted by Crippen LogP contribution is 2.12. The van der Waals surface area contributed by atoms with Crippen molar-refractivity contribution in [2.75, 3.05) is 13.2 Å². The summed E-state index contributed by atoms with van der Waals surface area (Å²) in [6.07, 6.45) is 0.683. The van der Waals surface area contributed by atoms with Crippen molar-refractivity contribution in [3.05, 3.63) is 29.8 Å². The molecule has 14 heteroatoms. The van der Waals surface area contributed by atoms with Crippen molar-refractivity contribution in [3.63, 3.8) is 0 Å². The van der Waals surface area contributed by atoms with Gasteiger partial charge in [-0.15, -0.1) is 0 Å². The molecule has 4 atom stereocenters. The molecule has 1 aromatic rings. The Hall–Kier alpha value is -3.91. The number of amides is 3. The minimum absolute atomic E-state index is 0.0152. The second-order valence-electron chi connectivity index (χ2n) is 7.80. The number of phenols is 1. The third-order valence-electron chi connectivity index (χ3n) is 4.86. The number of aliphatic carboxylic acids is 1. The Morgan fingerprint density at radius 1 is 0.971 bits per heavy atom. The molecule has 0 aromatic heterocycles. The molecule has 0 spiro atoms. The fourth-order valence-electron chi connectivity index (χ4n) is 2.87. The normalized spacial score (nSPS) is 14.0. The minimum atomic E-state index is -1.54. The maximum atomic E-state index is 12.9. The number of aromatic hydroxyl groups is 1. The van der Waals surface area contributed by atoms with Crippen LogP contribution in [0.3, 0.4) is 0 Å². The van der Waals surface area contributed by atoms with Gasteiger partial charge in [-0.3, -0.25) is 19.4 Å². The van der Waals surface area contributed by atoms with Crippen LogP contribution in [0.2, 0.25) is 0 Å². The fraction of sp³-hybridized carbons (Fsp3) is 0.476. The summed E-state index contributed by atoms with van der Waals surface area (Å²) in [5, 5.41) is 34.5. The number of nitrogens with zero attached hydrogens (tertiary/aromatic N) is 1. The molecule has 35 heavy (non-hydrogen) atoms. The van der Waals surface area contributed by atoms with Crippen LogP contribution in [0.4, 0.5) is 0 Å². The Labute approximate surface area is 201 Å².